The Morgan fingerprint density at radius 2 is 2.00 bits per heavy atom. The van der Waals surface area contributed by atoms with E-state index in [4.69, 9.17) is 9.84 Å². The number of nitrogens with zero attached hydrogens (tertiary/aromatic N) is 1. The van der Waals surface area contributed by atoms with Gasteiger partial charge >= 0.3 is 5.97 Å². The zero-order valence-electron chi connectivity index (χ0n) is 14.2. The van der Waals surface area contributed by atoms with Crippen LogP contribution in [0.1, 0.15) is 43.2 Å². The third-order valence-electron chi connectivity index (χ3n) is 3.58. The van der Waals surface area contributed by atoms with E-state index < -0.39 is 5.97 Å². The molecule has 5 nitrogen and oxygen atoms in total. The van der Waals surface area contributed by atoms with Crippen LogP contribution in [-0.4, -0.2) is 22.7 Å². The molecule has 2 rings (SSSR count). The predicted molar refractivity (Wildman–Crippen MR) is 97.6 cm³/mol. The summed E-state index contributed by atoms with van der Waals surface area (Å²) < 4.78 is 5.72. The van der Waals surface area contributed by atoms with E-state index in [-0.39, 0.29) is 6.42 Å². The third kappa shape index (κ3) is 5.85. The fourth-order valence-corrected chi connectivity index (χ4v) is 3.23. The zero-order chi connectivity index (χ0) is 17.4. The summed E-state index contributed by atoms with van der Waals surface area (Å²) in [7, 11) is 0. The van der Waals surface area contributed by atoms with Gasteiger partial charge in [-0.25, -0.2) is 4.98 Å². The summed E-state index contributed by atoms with van der Waals surface area (Å²) in [5.41, 5.74) is 1.67. The number of carbonyl (C=O) groups is 1. The van der Waals surface area contributed by atoms with Gasteiger partial charge in [-0.3, -0.25) is 4.79 Å². The summed E-state index contributed by atoms with van der Waals surface area (Å²) in [6.45, 7) is 4.77. The monoisotopic (exact) mass is 348 g/mol. The number of rotatable bonds is 10. The third-order valence-corrected chi connectivity index (χ3v) is 4.65. The first-order valence-electron chi connectivity index (χ1n) is 8.26. The molecule has 1 aromatic carbocycles. The Bertz CT molecular complexity index is 653. The Labute approximate surface area is 146 Å². The van der Waals surface area contributed by atoms with Crippen LogP contribution < -0.4 is 10.1 Å². The standard InChI is InChI=1S/C18H24N2O3S/c1-3-4-5-6-11-23-15-9-7-14(8-10-15)20-18-19-13(2)16(24-18)12-17(21)22/h7-10H,3-6,11-12H2,1-2H3,(H,19,20)(H,21,22). The lowest BCUT2D eigenvalue weighted by Crippen LogP contribution is -1.99. The van der Waals surface area contributed by atoms with Crippen LogP contribution >= 0.6 is 11.3 Å². The number of benzene rings is 1. The molecular weight excluding hydrogens is 324 g/mol. The topological polar surface area (TPSA) is 71.5 Å². The minimum atomic E-state index is -0.839. The molecule has 0 spiro atoms. The highest BCUT2D eigenvalue weighted by Crippen LogP contribution is 2.27. The molecular formula is C18H24N2O3S. The van der Waals surface area contributed by atoms with E-state index in [2.05, 4.69) is 17.2 Å². The number of aryl methyl sites for hydroxylation is 1. The number of anilines is 2. The number of aliphatic carboxylic acids is 1. The van der Waals surface area contributed by atoms with Gasteiger partial charge < -0.3 is 15.2 Å². The van der Waals surface area contributed by atoms with Crippen LogP contribution in [0.3, 0.4) is 0 Å². The molecule has 0 fully saturated rings. The van der Waals surface area contributed by atoms with Crippen molar-refractivity contribution >= 4 is 28.1 Å². The number of nitrogens with one attached hydrogen (secondary N) is 1. The van der Waals surface area contributed by atoms with Gasteiger partial charge in [0, 0.05) is 10.6 Å². The van der Waals surface area contributed by atoms with E-state index in [1.54, 1.807) is 0 Å². The molecule has 6 heteroatoms. The van der Waals surface area contributed by atoms with Gasteiger partial charge in [-0.1, -0.05) is 26.2 Å². The minimum absolute atomic E-state index is 0.00991. The van der Waals surface area contributed by atoms with Crippen molar-refractivity contribution in [1.29, 1.82) is 0 Å². The number of aromatic nitrogens is 1. The molecule has 1 aromatic heterocycles. The lowest BCUT2D eigenvalue weighted by molar-refractivity contribution is -0.136. The van der Waals surface area contributed by atoms with Crippen molar-refractivity contribution in [2.45, 2.75) is 46.0 Å². The van der Waals surface area contributed by atoms with Crippen molar-refractivity contribution in [2.75, 3.05) is 11.9 Å². The van der Waals surface area contributed by atoms with Crippen molar-refractivity contribution in [3.63, 3.8) is 0 Å². The minimum Gasteiger partial charge on any atom is -0.494 e. The van der Waals surface area contributed by atoms with Crippen molar-refractivity contribution in [2.24, 2.45) is 0 Å². The van der Waals surface area contributed by atoms with Gasteiger partial charge in [-0.15, -0.1) is 11.3 Å². The average molecular weight is 348 g/mol. The van der Waals surface area contributed by atoms with Gasteiger partial charge in [0.25, 0.3) is 0 Å². The van der Waals surface area contributed by atoms with Gasteiger partial charge in [0.2, 0.25) is 0 Å². The predicted octanol–water partition coefficient (Wildman–Crippen LogP) is 4.78. The van der Waals surface area contributed by atoms with Crippen LogP contribution in [0.15, 0.2) is 24.3 Å². The Morgan fingerprint density at radius 3 is 2.67 bits per heavy atom. The Balaban J connectivity index is 1.86. The summed E-state index contributed by atoms with van der Waals surface area (Å²) in [5.74, 6) is 0.0210. The Morgan fingerprint density at radius 1 is 1.25 bits per heavy atom. The van der Waals surface area contributed by atoms with Gasteiger partial charge in [-0.05, 0) is 37.6 Å². The molecule has 0 atom stereocenters. The average Bonchev–Trinajstić information content (AvgIpc) is 2.87. The molecule has 0 saturated heterocycles. The van der Waals surface area contributed by atoms with Crippen molar-refractivity contribution in [3.8, 4) is 5.75 Å². The molecule has 2 N–H and O–H groups in total. The summed E-state index contributed by atoms with van der Waals surface area (Å²) in [5, 5.41) is 12.8. The van der Waals surface area contributed by atoms with Crippen LogP contribution in [0.25, 0.3) is 0 Å². The lowest BCUT2D eigenvalue weighted by atomic mass is 10.2. The molecule has 0 unspecified atom stereocenters. The summed E-state index contributed by atoms with van der Waals surface area (Å²) in [6.07, 6.45) is 4.78. The first kappa shape index (κ1) is 18.3. The smallest absolute Gasteiger partial charge is 0.308 e. The molecule has 0 aliphatic rings. The highest BCUT2D eigenvalue weighted by Gasteiger charge is 2.11. The molecule has 1 heterocycles. The second-order valence-corrected chi connectivity index (χ2v) is 6.74. The molecule has 0 aliphatic carbocycles. The summed E-state index contributed by atoms with van der Waals surface area (Å²) >= 11 is 1.37. The maximum Gasteiger partial charge on any atom is 0.308 e. The Hall–Kier alpha value is -2.08. The SMILES string of the molecule is CCCCCCOc1ccc(Nc2nc(C)c(CC(=O)O)s2)cc1. The first-order chi connectivity index (χ1) is 11.6. The summed E-state index contributed by atoms with van der Waals surface area (Å²) in [6, 6.07) is 7.74. The number of unbranched alkanes of at least 4 members (excludes halogenated alkanes) is 3. The fourth-order valence-electron chi connectivity index (χ4n) is 2.26. The van der Waals surface area contributed by atoms with Crippen LogP contribution in [0.4, 0.5) is 10.8 Å². The number of ether oxygens (including phenoxy) is 1. The van der Waals surface area contributed by atoms with Gasteiger partial charge in [0.15, 0.2) is 5.13 Å². The number of carboxylic acid groups (broad SMARTS) is 1. The second-order valence-electron chi connectivity index (χ2n) is 5.66. The van der Waals surface area contributed by atoms with E-state index in [1.165, 1.54) is 30.6 Å². The number of carboxylic acids is 1. The van der Waals surface area contributed by atoms with Crippen molar-refractivity contribution < 1.29 is 14.6 Å². The number of hydrogen-bond donors (Lipinski definition) is 2. The molecule has 0 aliphatic heterocycles. The normalized spacial score (nSPS) is 10.6. The van der Waals surface area contributed by atoms with E-state index >= 15 is 0 Å². The highest BCUT2D eigenvalue weighted by atomic mass is 32.1. The van der Waals surface area contributed by atoms with Crippen LogP contribution in [0.2, 0.25) is 0 Å². The van der Waals surface area contributed by atoms with Crippen molar-refractivity contribution in [1.82, 2.24) is 4.98 Å². The van der Waals surface area contributed by atoms with Crippen LogP contribution in [-0.2, 0) is 11.2 Å². The zero-order valence-corrected chi connectivity index (χ0v) is 15.0. The first-order valence-corrected chi connectivity index (χ1v) is 9.08. The number of hydrogen-bond acceptors (Lipinski definition) is 5. The fraction of sp³-hybridized carbons (Fsp3) is 0.444. The van der Waals surface area contributed by atoms with Gasteiger partial charge in [-0.2, -0.15) is 0 Å². The van der Waals surface area contributed by atoms with E-state index in [0.717, 1.165) is 35.0 Å². The van der Waals surface area contributed by atoms with Gasteiger partial charge in [0.1, 0.15) is 5.75 Å². The molecule has 2 aromatic rings. The van der Waals surface area contributed by atoms with Crippen molar-refractivity contribution in [3.05, 3.63) is 34.8 Å². The Kier molecular flexibility index (Phi) is 7.06. The highest BCUT2D eigenvalue weighted by molar-refractivity contribution is 7.15. The molecule has 130 valence electrons. The largest absolute Gasteiger partial charge is 0.494 e. The second kappa shape index (κ2) is 9.27. The maximum absolute atomic E-state index is 10.8. The van der Waals surface area contributed by atoms with Gasteiger partial charge in [0.05, 0.1) is 18.7 Å². The van der Waals surface area contributed by atoms with Crippen LogP contribution in [0, 0.1) is 6.92 Å². The molecule has 0 amide bonds. The quantitative estimate of drug-likeness (QED) is 0.605. The summed E-state index contributed by atoms with van der Waals surface area (Å²) in [4.78, 5) is 16.0. The van der Waals surface area contributed by atoms with E-state index in [0.29, 0.717) is 5.13 Å². The van der Waals surface area contributed by atoms with Crippen LogP contribution in [0.5, 0.6) is 5.75 Å². The maximum atomic E-state index is 10.8. The molecule has 0 saturated carbocycles. The van der Waals surface area contributed by atoms with E-state index in [9.17, 15) is 4.79 Å². The molecule has 24 heavy (non-hydrogen) atoms. The lowest BCUT2D eigenvalue weighted by Gasteiger charge is -2.07. The molecule has 0 radical (unpaired) electrons. The molecule has 0 bridgehead atoms. The van der Waals surface area contributed by atoms with E-state index in [1.807, 2.05) is 31.2 Å². The number of thiazole rings is 1.